The molecule has 1 nitrogen and oxygen atoms in total. The molecule has 0 aromatic heterocycles. The van der Waals surface area contributed by atoms with Crippen molar-refractivity contribution in [3.63, 3.8) is 0 Å². The van der Waals surface area contributed by atoms with Crippen LogP contribution < -0.4 is 4.74 Å². The number of para-hydroxylation sites is 1. The van der Waals surface area contributed by atoms with Crippen LogP contribution in [0.25, 0.3) is 0 Å². The van der Waals surface area contributed by atoms with E-state index in [4.69, 9.17) is 16.3 Å². The summed E-state index contributed by atoms with van der Waals surface area (Å²) in [5.41, 5.74) is 1.13. The maximum Gasteiger partial charge on any atom is 0.130 e. The molecular formula is C15H15ClO. The summed E-state index contributed by atoms with van der Waals surface area (Å²) < 4.78 is 5.87. The van der Waals surface area contributed by atoms with Gasteiger partial charge < -0.3 is 4.74 Å². The molecule has 0 bridgehead atoms. The van der Waals surface area contributed by atoms with Crippen LogP contribution in [0.2, 0.25) is 5.02 Å². The molecule has 0 amide bonds. The first kappa shape index (κ1) is 12.0. The molecule has 0 fully saturated rings. The molecule has 0 aliphatic rings. The van der Waals surface area contributed by atoms with Crippen molar-refractivity contribution in [1.82, 2.24) is 0 Å². The molecule has 2 heteroatoms. The zero-order valence-electron chi connectivity index (χ0n) is 9.98. The molecule has 0 unspecified atom stereocenters. The summed E-state index contributed by atoms with van der Waals surface area (Å²) in [4.78, 5) is 0. The van der Waals surface area contributed by atoms with Gasteiger partial charge in [-0.25, -0.2) is 0 Å². The highest BCUT2D eigenvalue weighted by atomic mass is 35.5. The Morgan fingerprint density at radius 3 is 2.35 bits per heavy atom. The van der Waals surface area contributed by atoms with Gasteiger partial charge in [0.25, 0.3) is 0 Å². The van der Waals surface area contributed by atoms with Crippen LogP contribution in [-0.4, -0.2) is 0 Å². The SMILES string of the molecule is CC(C)c1cc(Cl)ccc1Oc1ccccc1. The van der Waals surface area contributed by atoms with Crippen molar-refractivity contribution in [2.75, 3.05) is 0 Å². The smallest absolute Gasteiger partial charge is 0.130 e. The standard InChI is InChI=1S/C15H15ClO/c1-11(2)14-10-12(16)8-9-15(14)17-13-6-4-3-5-7-13/h3-11H,1-2H3. The second kappa shape index (κ2) is 5.24. The lowest BCUT2D eigenvalue weighted by Crippen LogP contribution is -1.93. The molecule has 2 aromatic rings. The zero-order valence-corrected chi connectivity index (χ0v) is 10.7. The van der Waals surface area contributed by atoms with Crippen LogP contribution >= 0.6 is 11.6 Å². The number of hydrogen-bond acceptors (Lipinski definition) is 1. The van der Waals surface area contributed by atoms with E-state index in [1.165, 1.54) is 0 Å². The van der Waals surface area contributed by atoms with Gasteiger partial charge in [-0.15, -0.1) is 0 Å². The second-order valence-electron chi connectivity index (χ2n) is 4.25. The molecular weight excluding hydrogens is 232 g/mol. The summed E-state index contributed by atoms with van der Waals surface area (Å²) in [6.45, 7) is 4.26. The first-order valence-electron chi connectivity index (χ1n) is 5.69. The van der Waals surface area contributed by atoms with Crippen molar-refractivity contribution >= 4 is 11.6 Å². The van der Waals surface area contributed by atoms with Crippen LogP contribution in [0.5, 0.6) is 11.5 Å². The van der Waals surface area contributed by atoms with Crippen LogP contribution in [0.4, 0.5) is 0 Å². The van der Waals surface area contributed by atoms with E-state index in [9.17, 15) is 0 Å². The molecule has 2 aromatic carbocycles. The molecule has 0 spiro atoms. The quantitative estimate of drug-likeness (QED) is 0.718. The van der Waals surface area contributed by atoms with Gasteiger partial charge in [0.2, 0.25) is 0 Å². The Hall–Kier alpha value is -1.47. The monoisotopic (exact) mass is 246 g/mol. The fourth-order valence-electron chi connectivity index (χ4n) is 1.68. The highest BCUT2D eigenvalue weighted by molar-refractivity contribution is 6.30. The number of halogens is 1. The molecule has 0 N–H and O–H groups in total. The average Bonchev–Trinajstić information content (AvgIpc) is 2.32. The third-order valence-corrected chi connectivity index (χ3v) is 2.80. The summed E-state index contributed by atoms with van der Waals surface area (Å²) in [7, 11) is 0. The molecule has 17 heavy (non-hydrogen) atoms. The number of hydrogen-bond donors (Lipinski definition) is 0. The first-order valence-corrected chi connectivity index (χ1v) is 6.07. The Morgan fingerprint density at radius 2 is 1.71 bits per heavy atom. The third-order valence-electron chi connectivity index (χ3n) is 2.56. The van der Waals surface area contributed by atoms with Crippen LogP contribution in [-0.2, 0) is 0 Å². The summed E-state index contributed by atoms with van der Waals surface area (Å²) >= 11 is 6.01. The van der Waals surface area contributed by atoms with E-state index in [1.807, 2.05) is 48.5 Å². The van der Waals surface area contributed by atoms with Crippen molar-refractivity contribution < 1.29 is 4.74 Å². The summed E-state index contributed by atoms with van der Waals surface area (Å²) in [6.07, 6.45) is 0. The van der Waals surface area contributed by atoms with Crippen molar-refractivity contribution in [1.29, 1.82) is 0 Å². The van der Waals surface area contributed by atoms with Gasteiger partial charge in [-0.1, -0.05) is 43.6 Å². The number of ether oxygens (including phenoxy) is 1. The minimum absolute atomic E-state index is 0.382. The van der Waals surface area contributed by atoms with Crippen molar-refractivity contribution in [2.45, 2.75) is 19.8 Å². The maximum atomic E-state index is 6.01. The molecule has 0 aliphatic carbocycles. The predicted molar refractivity (Wildman–Crippen MR) is 72.1 cm³/mol. The Balaban J connectivity index is 2.33. The largest absolute Gasteiger partial charge is 0.457 e. The number of benzene rings is 2. The molecule has 0 saturated heterocycles. The minimum atomic E-state index is 0.382. The topological polar surface area (TPSA) is 9.23 Å². The van der Waals surface area contributed by atoms with Crippen LogP contribution in [0.15, 0.2) is 48.5 Å². The van der Waals surface area contributed by atoms with E-state index in [2.05, 4.69) is 13.8 Å². The fraction of sp³-hybridized carbons (Fsp3) is 0.200. The van der Waals surface area contributed by atoms with E-state index in [0.717, 1.165) is 22.1 Å². The van der Waals surface area contributed by atoms with Gasteiger partial charge in [-0.3, -0.25) is 0 Å². The number of rotatable bonds is 3. The lowest BCUT2D eigenvalue weighted by molar-refractivity contribution is 0.473. The first-order chi connectivity index (χ1) is 8.16. The molecule has 2 rings (SSSR count). The molecule has 0 heterocycles. The Kier molecular flexibility index (Phi) is 3.70. The summed E-state index contributed by atoms with van der Waals surface area (Å²) in [5, 5.41) is 0.745. The van der Waals surface area contributed by atoms with E-state index >= 15 is 0 Å². The molecule has 0 atom stereocenters. The zero-order chi connectivity index (χ0) is 12.3. The highest BCUT2D eigenvalue weighted by Crippen LogP contribution is 2.32. The summed E-state index contributed by atoms with van der Waals surface area (Å²) in [5.74, 6) is 2.10. The minimum Gasteiger partial charge on any atom is -0.457 e. The Bertz CT molecular complexity index is 492. The highest BCUT2D eigenvalue weighted by Gasteiger charge is 2.09. The van der Waals surface area contributed by atoms with Crippen molar-refractivity contribution in [3.05, 3.63) is 59.1 Å². The van der Waals surface area contributed by atoms with Crippen LogP contribution in [0, 0.1) is 0 Å². The Labute approximate surface area is 107 Å². The molecule has 0 aliphatic heterocycles. The Morgan fingerprint density at radius 1 is 1.00 bits per heavy atom. The van der Waals surface area contributed by atoms with E-state index in [1.54, 1.807) is 0 Å². The van der Waals surface area contributed by atoms with E-state index in [-0.39, 0.29) is 0 Å². The van der Waals surface area contributed by atoms with Crippen LogP contribution in [0.1, 0.15) is 25.3 Å². The average molecular weight is 247 g/mol. The molecule has 0 saturated carbocycles. The lowest BCUT2D eigenvalue weighted by atomic mass is 10.0. The van der Waals surface area contributed by atoms with Gasteiger partial charge in [0, 0.05) is 5.02 Å². The maximum absolute atomic E-state index is 6.01. The van der Waals surface area contributed by atoms with Crippen molar-refractivity contribution in [3.8, 4) is 11.5 Å². The van der Waals surface area contributed by atoms with Crippen LogP contribution in [0.3, 0.4) is 0 Å². The van der Waals surface area contributed by atoms with Gasteiger partial charge in [0.15, 0.2) is 0 Å². The van der Waals surface area contributed by atoms with E-state index in [0.29, 0.717) is 5.92 Å². The van der Waals surface area contributed by atoms with Gasteiger partial charge in [-0.05, 0) is 41.8 Å². The predicted octanol–water partition coefficient (Wildman–Crippen LogP) is 5.26. The summed E-state index contributed by atoms with van der Waals surface area (Å²) in [6, 6.07) is 15.5. The molecule has 88 valence electrons. The van der Waals surface area contributed by atoms with Gasteiger partial charge in [-0.2, -0.15) is 0 Å². The third kappa shape index (κ3) is 3.01. The van der Waals surface area contributed by atoms with E-state index < -0.39 is 0 Å². The fourth-order valence-corrected chi connectivity index (χ4v) is 1.86. The van der Waals surface area contributed by atoms with Gasteiger partial charge in [0.05, 0.1) is 0 Å². The second-order valence-corrected chi connectivity index (χ2v) is 4.69. The van der Waals surface area contributed by atoms with Gasteiger partial charge >= 0.3 is 0 Å². The molecule has 0 radical (unpaired) electrons. The van der Waals surface area contributed by atoms with Crippen molar-refractivity contribution in [2.24, 2.45) is 0 Å². The normalized spacial score (nSPS) is 10.6. The lowest BCUT2D eigenvalue weighted by Gasteiger charge is -2.14. The van der Waals surface area contributed by atoms with Gasteiger partial charge in [0.1, 0.15) is 11.5 Å².